The maximum absolute atomic E-state index is 12.3. The minimum atomic E-state index is -0.451. The molecule has 0 aliphatic carbocycles. The number of benzene rings is 1. The predicted molar refractivity (Wildman–Crippen MR) is 87.2 cm³/mol. The summed E-state index contributed by atoms with van der Waals surface area (Å²) in [5.74, 6) is -0.574. The van der Waals surface area contributed by atoms with Gasteiger partial charge >= 0.3 is 0 Å². The second-order valence-electron chi connectivity index (χ2n) is 4.72. The molecule has 2 amide bonds. The van der Waals surface area contributed by atoms with Crippen molar-refractivity contribution >= 4 is 34.8 Å². The lowest BCUT2D eigenvalue weighted by molar-refractivity contribution is -0.123. The van der Waals surface area contributed by atoms with Crippen molar-refractivity contribution in [3.8, 4) is 0 Å². The number of likely N-dealkylation sites (N-methyl/N-ethyl adjacent to an activating group) is 1. The number of aryl methyl sites for hydroxylation is 1. The Morgan fingerprint density at radius 3 is 2.68 bits per heavy atom. The van der Waals surface area contributed by atoms with Gasteiger partial charge in [-0.05, 0) is 26.0 Å². The number of nitrogens with one attached hydrogen (secondary N) is 1. The summed E-state index contributed by atoms with van der Waals surface area (Å²) in [7, 11) is 1.57. The van der Waals surface area contributed by atoms with Gasteiger partial charge in [0.2, 0.25) is 5.91 Å². The Hall–Kier alpha value is -1.92. The smallest absolute Gasteiger partial charge is 0.281 e. The molecule has 1 aromatic heterocycles. The Balaban J connectivity index is 2.47. The molecule has 1 aromatic carbocycles. The summed E-state index contributed by atoms with van der Waals surface area (Å²) in [6, 6.07) is 6.30. The molecule has 0 aliphatic heterocycles. The molecule has 116 valence electrons. The summed E-state index contributed by atoms with van der Waals surface area (Å²) in [6.45, 7) is 3.65. The van der Waals surface area contributed by atoms with E-state index in [1.807, 2.05) is 13.1 Å². The van der Waals surface area contributed by atoms with Crippen molar-refractivity contribution in [1.82, 2.24) is 9.88 Å². The zero-order chi connectivity index (χ0) is 16.3. The molecule has 1 atom stereocenters. The van der Waals surface area contributed by atoms with Crippen LogP contribution in [0.5, 0.6) is 0 Å². The molecule has 0 bridgehead atoms. The molecule has 1 N–H and O–H groups in total. The lowest BCUT2D eigenvalue weighted by Gasteiger charge is -2.11. The van der Waals surface area contributed by atoms with Crippen LogP contribution in [0.2, 0.25) is 5.02 Å². The SMILES string of the molecule is CNC(=O)[C@@H](C)n1cc(C)sc1=NC(=O)c1ccccc1Cl. The summed E-state index contributed by atoms with van der Waals surface area (Å²) in [6.07, 6.45) is 1.81. The van der Waals surface area contributed by atoms with E-state index in [-0.39, 0.29) is 5.91 Å². The molecular weight excluding hydrogens is 322 g/mol. The topological polar surface area (TPSA) is 63.5 Å². The number of aromatic nitrogens is 1. The molecule has 2 rings (SSSR count). The predicted octanol–water partition coefficient (Wildman–Crippen LogP) is 2.56. The normalized spacial score (nSPS) is 13.0. The molecular formula is C15H16ClN3O2S. The third kappa shape index (κ3) is 3.45. The highest BCUT2D eigenvalue weighted by atomic mass is 35.5. The highest BCUT2D eigenvalue weighted by molar-refractivity contribution is 7.09. The lowest BCUT2D eigenvalue weighted by atomic mass is 10.2. The third-order valence-electron chi connectivity index (χ3n) is 3.14. The van der Waals surface area contributed by atoms with E-state index < -0.39 is 11.9 Å². The van der Waals surface area contributed by atoms with Crippen LogP contribution in [0, 0.1) is 6.92 Å². The molecule has 2 aromatic rings. The van der Waals surface area contributed by atoms with Crippen molar-refractivity contribution in [2.45, 2.75) is 19.9 Å². The number of hydrogen-bond donors (Lipinski definition) is 1. The fraction of sp³-hybridized carbons (Fsp3) is 0.267. The van der Waals surface area contributed by atoms with Crippen molar-refractivity contribution in [2.75, 3.05) is 7.05 Å². The zero-order valence-electron chi connectivity index (χ0n) is 12.5. The molecule has 0 spiro atoms. The minimum absolute atomic E-state index is 0.149. The Morgan fingerprint density at radius 1 is 1.36 bits per heavy atom. The second kappa shape index (κ2) is 6.89. The van der Waals surface area contributed by atoms with E-state index in [0.29, 0.717) is 15.4 Å². The van der Waals surface area contributed by atoms with Gasteiger partial charge in [0.25, 0.3) is 5.91 Å². The molecule has 0 fully saturated rings. The number of thiazole rings is 1. The van der Waals surface area contributed by atoms with E-state index in [4.69, 9.17) is 11.6 Å². The van der Waals surface area contributed by atoms with E-state index in [1.54, 1.807) is 42.8 Å². The molecule has 1 heterocycles. The minimum Gasteiger partial charge on any atom is -0.357 e. The maximum atomic E-state index is 12.3. The molecule has 0 saturated heterocycles. The standard InChI is InChI=1S/C15H16ClN3O2S/c1-9-8-19(10(2)13(20)17-3)15(22-9)18-14(21)11-6-4-5-7-12(11)16/h4-8,10H,1-3H3,(H,17,20)/t10-/m1/s1. The number of carbonyl (C=O) groups excluding carboxylic acids is 2. The summed E-state index contributed by atoms with van der Waals surface area (Å²) in [5.41, 5.74) is 0.342. The van der Waals surface area contributed by atoms with Gasteiger partial charge in [-0.1, -0.05) is 23.7 Å². The van der Waals surface area contributed by atoms with Gasteiger partial charge in [0.15, 0.2) is 4.80 Å². The number of rotatable bonds is 3. The Bertz CT molecular complexity index is 779. The number of hydrogen-bond acceptors (Lipinski definition) is 3. The first-order valence-electron chi connectivity index (χ1n) is 6.67. The zero-order valence-corrected chi connectivity index (χ0v) is 14.0. The Morgan fingerprint density at radius 2 is 2.05 bits per heavy atom. The lowest BCUT2D eigenvalue weighted by Crippen LogP contribution is -2.32. The molecule has 7 heteroatoms. The first-order valence-corrected chi connectivity index (χ1v) is 7.87. The van der Waals surface area contributed by atoms with Crippen LogP contribution < -0.4 is 10.1 Å². The molecule has 0 unspecified atom stereocenters. The van der Waals surface area contributed by atoms with E-state index in [1.165, 1.54) is 11.3 Å². The summed E-state index contributed by atoms with van der Waals surface area (Å²) < 4.78 is 1.69. The van der Waals surface area contributed by atoms with Crippen LogP contribution in [0.3, 0.4) is 0 Å². The molecule has 0 aliphatic rings. The summed E-state index contributed by atoms with van der Waals surface area (Å²) >= 11 is 7.37. The maximum Gasteiger partial charge on any atom is 0.281 e. The van der Waals surface area contributed by atoms with Gasteiger partial charge in [-0.25, -0.2) is 0 Å². The average Bonchev–Trinajstić information content (AvgIpc) is 2.86. The van der Waals surface area contributed by atoms with Crippen LogP contribution in [0.25, 0.3) is 0 Å². The van der Waals surface area contributed by atoms with Gasteiger partial charge < -0.3 is 9.88 Å². The number of amides is 2. The molecule has 0 radical (unpaired) electrons. The van der Waals surface area contributed by atoms with Crippen LogP contribution >= 0.6 is 22.9 Å². The molecule has 22 heavy (non-hydrogen) atoms. The van der Waals surface area contributed by atoms with Gasteiger partial charge in [0.05, 0.1) is 10.6 Å². The highest BCUT2D eigenvalue weighted by Gasteiger charge is 2.16. The fourth-order valence-corrected chi connectivity index (χ4v) is 3.06. The van der Waals surface area contributed by atoms with Crippen LogP contribution in [-0.2, 0) is 4.79 Å². The van der Waals surface area contributed by atoms with Crippen molar-refractivity contribution in [3.05, 3.63) is 50.7 Å². The van der Waals surface area contributed by atoms with E-state index in [0.717, 1.165) is 4.88 Å². The Labute approximate surface area is 137 Å². The van der Waals surface area contributed by atoms with Crippen molar-refractivity contribution in [3.63, 3.8) is 0 Å². The van der Waals surface area contributed by atoms with Crippen LogP contribution in [0.15, 0.2) is 35.5 Å². The van der Waals surface area contributed by atoms with Gasteiger partial charge in [-0.3, -0.25) is 9.59 Å². The average molecular weight is 338 g/mol. The van der Waals surface area contributed by atoms with Crippen molar-refractivity contribution in [1.29, 1.82) is 0 Å². The van der Waals surface area contributed by atoms with Gasteiger partial charge in [-0.15, -0.1) is 11.3 Å². The van der Waals surface area contributed by atoms with Crippen LogP contribution in [-0.4, -0.2) is 23.4 Å². The molecule has 0 saturated carbocycles. The van der Waals surface area contributed by atoms with Gasteiger partial charge in [-0.2, -0.15) is 4.99 Å². The van der Waals surface area contributed by atoms with Gasteiger partial charge in [0, 0.05) is 18.1 Å². The second-order valence-corrected chi connectivity index (χ2v) is 6.34. The fourth-order valence-electron chi connectivity index (χ4n) is 1.95. The van der Waals surface area contributed by atoms with E-state index >= 15 is 0 Å². The Kier molecular flexibility index (Phi) is 5.15. The highest BCUT2D eigenvalue weighted by Crippen LogP contribution is 2.16. The quantitative estimate of drug-likeness (QED) is 0.935. The summed E-state index contributed by atoms with van der Waals surface area (Å²) in [4.78, 5) is 29.7. The van der Waals surface area contributed by atoms with Gasteiger partial charge in [0.1, 0.15) is 6.04 Å². The van der Waals surface area contributed by atoms with Crippen molar-refractivity contribution in [2.24, 2.45) is 4.99 Å². The number of carbonyl (C=O) groups is 2. The third-order valence-corrected chi connectivity index (χ3v) is 4.38. The monoisotopic (exact) mass is 337 g/mol. The van der Waals surface area contributed by atoms with Crippen LogP contribution in [0.4, 0.5) is 0 Å². The first-order chi connectivity index (χ1) is 10.4. The first kappa shape index (κ1) is 16.5. The summed E-state index contributed by atoms with van der Waals surface area (Å²) in [5, 5.41) is 2.95. The van der Waals surface area contributed by atoms with E-state index in [2.05, 4.69) is 10.3 Å². The number of halogens is 1. The molecule has 5 nitrogen and oxygen atoms in total. The van der Waals surface area contributed by atoms with E-state index in [9.17, 15) is 9.59 Å². The van der Waals surface area contributed by atoms with Crippen LogP contribution in [0.1, 0.15) is 28.2 Å². The van der Waals surface area contributed by atoms with Crippen molar-refractivity contribution < 1.29 is 9.59 Å². The largest absolute Gasteiger partial charge is 0.357 e. The number of nitrogens with zero attached hydrogens (tertiary/aromatic N) is 2.